The second-order valence-electron chi connectivity index (χ2n) is 6.28. The van der Waals surface area contributed by atoms with Crippen molar-refractivity contribution in [3.8, 4) is 5.75 Å². The average Bonchev–Trinajstić information content (AvgIpc) is 3.15. The van der Waals surface area contributed by atoms with Crippen LogP contribution < -0.4 is 9.64 Å². The van der Waals surface area contributed by atoms with Crippen LogP contribution in [0.5, 0.6) is 5.75 Å². The summed E-state index contributed by atoms with van der Waals surface area (Å²) in [5.41, 5.74) is 0.178. The number of piperazine rings is 1. The highest BCUT2D eigenvalue weighted by Gasteiger charge is 2.34. The van der Waals surface area contributed by atoms with Gasteiger partial charge in [-0.05, 0) is 12.1 Å². The van der Waals surface area contributed by atoms with Crippen LogP contribution >= 0.6 is 0 Å². The van der Waals surface area contributed by atoms with Crippen LogP contribution in [0.15, 0.2) is 35.1 Å². The van der Waals surface area contributed by atoms with E-state index in [2.05, 4.69) is 15.0 Å². The zero-order chi connectivity index (χ0) is 17.4. The molecule has 1 unspecified atom stereocenters. The van der Waals surface area contributed by atoms with Gasteiger partial charge in [-0.3, -0.25) is 4.90 Å². The molecule has 0 amide bonds. The van der Waals surface area contributed by atoms with E-state index in [-0.39, 0.29) is 6.04 Å². The third-order valence-electron chi connectivity index (χ3n) is 4.85. The van der Waals surface area contributed by atoms with Gasteiger partial charge in [-0.1, -0.05) is 11.2 Å². The molecule has 134 valence electrons. The third kappa shape index (κ3) is 3.18. The molecule has 8 heteroatoms. The Hall–Kier alpha value is -2.22. The molecule has 1 aromatic heterocycles. The van der Waals surface area contributed by atoms with E-state index in [1.165, 1.54) is 0 Å². The van der Waals surface area contributed by atoms with Crippen molar-refractivity contribution in [2.24, 2.45) is 0 Å². The fraction of sp³-hybridized carbons (Fsp3) is 0.471. The van der Waals surface area contributed by atoms with E-state index in [1.54, 1.807) is 12.3 Å². The van der Waals surface area contributed by atoms with E-state index in [0.29, 0.717) is 12.4 Å². The monoisotopic (exact) mass is 353 g/mol. The quantitative estimate of drug-likeness (QED) is 0.828. The van der Waals surface area contributed by atoms with Crippen molar-refractivity contribution in [3.05, 3.63) is 41.7 Å². The van der Waals surface area contributed by atoms with Crippen molar-refractivity contribution < 1.29 is 22.4 Å². The molecule has 1 fully saturated rings. The highest BCUT2D eigenvalue weighted by atomic mass is 19.4. The lowest BCUT2D eigenvalue weighted by atomic mass is 9.96. The fourth-order valence-corrected chi connectivity index (χ4v) is 3.56. The molecule has 1 atom stereocenters. The summed E-state index contributed by atoms with van der Waals surface area (Å²) in [4.78, 5) is 4.46. The van der Waals surface area contributed by atoms with Crippen LogP contribution in [-0.4, -0.2) is 42.8 Å². The van der Waals surface area contributed by atoms with Gasteiger partial charge in [0.25, 0.3) is 0 Å². The summed E-state index contributed by atoms with van der Waals surface area (Å²) < 4.78 is 49.1. The molecule has 2 aliphatic heterocycles. The van der Waals surface area contributed by atoms with E-state index in [4.69, 9.17) is 9.26 Å². The minimum absolute atomic E-state index is 0.0884. The van der Waals surface area contributed by atoms with Gasteiger partial charge in [0.15, 0.2) is 5.82 Å². The highest BCUT2D eigenvalue weighted by Crippen LogP contribution is 2.40. The largest absolute Gasteiger partial charge is 0.493 e. The lowest BCUT2D eigenvalue weighted by molar-refractivity contribution is -0.137. The maximum absolute atomic E-state index is 12.9. The van der Waals surface area contributed by atoms with E-state index < -0.39 is 11.7 Å². The number of alkyl halides is 3. The molecule has 2 aliphatic rings. The van der Waals surface area contributed by atoms with Gasteiger partial charge in [0.1, 0.15) is 12.0 Å². The topological polar surface area (TPSA) is 41.7 Å². The molecule has 0 spiro atoms. The first kappa shape index (κ1) is 16.3. The van der Waals surface area contributed by atoms with Crippen molar-refractivity contribution in [1.82, 2.24) is 10.1 Å². The summed E-state index contributed by atoms with van der Waals surface area (Å²) in [6.45, 7) is 3.68. The van der Waals surface area contributed by atoms with Crippen LogP contribution in [0.3, 0.4) is 0 Å². The molecule has 3 heterocycles. The molecule has 4 rings (SSSR count). The maximum Gasteiger partial charge on any atom is 0.416 e. The second-order valence-corrected chi connectivity index (χ2v) is 6.28. The molecule has 0 N–H and O–H groups in total. The van der Waals surface area contributed by atoms with Crippen LogP contribution in [0, 0.1) is 0 Å². The lowest BCUT2D eigenvalue weighted by Gasteiger charge is -2.41. The lowest BCUT2D eigenvalue weighted by Crippen LogP contribution is -2.48. The van der Waals surface area contributed by atoms with Gasteiger partial charge in [-0.15, -0.1) is 0 Å². The van der Waals surface area contributed by atoms with E-state index in [0.717, 1.165) is 56.1 Å². The standard InChI is InChI=1S/C17H18F3N3O2/c18-17(19,20)12-1-2-13-14(3-9-24-15(13)11-12)22-5-7-23(8-6-22)16-4-10-25-21-16/h1-2,4,10-11,14H,3,5-9H2. The minimum atomic E-state index is -4.35. The summed E-state index contributed by atoms with van der Waals surface area (Å²) in [6, 6.07) is 5.74. The zero-order valence-electron chi connectivity index (χ0n) is 13.5. The maximum atomic E-state index is 12.9. The number of halogens is 3. The number of anilines is 1. The number of hydrogen-bond donors (Lipinski definition) is 0. The van der Waals surface area contributed by atoms with Gasteiger partial charge < -0.3 is 14.2 Å². The fourth-order valence-electron chi connectivity index (χ4n) is 3.56. The number of benzene rings is 1. The normalized spacial score (nSPS) is 21.7. The summed E-state index contributed by atoms with van der Waals surface area (Å²) in [7, 11) is 0. The van der Waals surface area contributed by atoms with Gasteiger partial charge in [-0.25, -0.2) is 0 Å². The number of hydrogen-bond acceptors (Lipinski definition) is 5. The molecular formula is C17H18F3N3O2. The summed E-state index contributed by atoms with van der Waals surface area (Å²) in [5.74, 6) is 1.17. The number of ether oxygens (including phenoxy) is 1. The summed E-state index contributed by atoms with van der Waals surface area (Å²) in [5, 5.41) is 3.95. The first-order valence-electron chi connectivity index (χ1n) is 8.26. The zero-order valence-corrected chi connectivity index (χ0v) is 13.5. The Labute approximate surface area is 142 Å². The van der Waals surface area contributed by atoms with E-state index in [1.807, 2.05) is 6.07 Å². The molecule has 1 aromatic carbocycles. The van der Waals surface area contributed by atoms with Gasteiger partial charge >= 0.3 is 6.18 Å². The smallest absolute Gasteiger partial charge is 0.416 e. The van der Waals surface area contributed by atoms with Crippen LogP contribution in [-0.2, 0) is 6.18 Å². The number of fused-ring (bicyclic) bond motifs is 1. The molecule has 0 radical (unpaired) electrons. The molecule has 0 bridgehead atoms. The first-order valence-corrected chi connectivity index (χ1v) is 8.26. The van der Waals surface area contributed by atoms with Crippen molar-refractivity contribution >= 4 is 5.82 Å². The average molecular weight is 353 g/mol. The van der Waals surface area contributed by atoms with Crippen LogP contribution in [0.2, 0.25) is 0 Å². The number of rotatable bonds is 2. The van der Waals surface area contributed by atoms with Crippen molar-refractivity contribution in [3.63, 3.8) is 0 Å². The molecule has 25 heavy (non-hydrogen) atoms. The van der Waals surface area contributed by atoms with Gasteiger partial charge in [-0.2, -0.15) is 13.2 Å². The van der Waals surface area contributed by atoms with Crippen molar-refractivity contribution in [1.29, 1.82) is 0 Å². The van der Waals surface area contributed by atoms with Gasteiger partial charge in [0, 0.05) is 50.3 Å². The predicted molar refractivity (Wildman–Crippen MR) is 84.6 cm³/mol. The summed E-state index contributed by atoms with van der Waals surface area (Å²) in [6.07, 6.45) is -2.02. The predicted octanol–water partition coefficient (Wildman–Crippen LogP) is 3.34. The third-order valence-corrected chi connectivity index (χ3v) is 4.85. The first-order chi connectivity index (χ1) is 12.0. The van der Waals surface area contributed by atoms with Crippen LogP contribution in [0.1, 0.15) is 23.6 Å². The van der Waals surface area contributed by atoms with Crippen LogP contribution in [0.25, 0.3) is 0 Å². The molecule has 0 saturated carbocycles. The Morgan fingerprint density at radius 3 is 2.56 bits per heavy atom. The van der Waals surface area contributed by atoms with Crippen LogP contribution in [0.4, 0.5) is 19.0 Å². The summed E-state index contributed by atoms with van der Waals surface area (Å²) >= 11 is 0. The van der Waals surface area contributed by atoms with Gasteiger partial charge in [0.2, 0.25) is 0 Å². The Kier molecular flexibility index (Phi) is 4.07. The SMILES string of the molecule is FC(F)(F)c1ccc2c(c1)OCCC2N1CCN(c2ccon2)CC1. The van der Waals surface area contributed by atoms with Gasteiger partial charge in [0.05, 0.1) is 12.2 Å². The molecule has 5 nitrogen and oxygen atoms in total. The number of nitrogens with zero attached hydrogens (tertiary/aromatic N) is 3. The highest BCUT2D eigenvalue weighted by molar-refractivity contribution is 5.42. The van der Waals surface area contributed by atoms with Crippen molar-refractivity contribution in [2.45, 2.75) is 18.6 Å². The van der Waals surface area contributed by atoms with E-state index >= 15 is 0 Å². The minimum Gasteiger partial charge on any atom is -0.493 e. The van der Waals surface area contributed by atoms with E-state index in [9.17, 15) is 13.2 Å². The second kappa shape index (κ2) is 6.25. The molecule has 1 saturated heterocycles. The molecule has 2 aromatic rings. The molecule has 0 aliphatic carbocycles. The Morgan fingerprint density at radius 2 is 1.88 bits per heavy atom. The Balaban J connectivity index is 1.50. The van der Waals surface area contributed by atoms with Crippen molar-refractivity contribution in [2.75, 3.05) is 37.7 Å². The molecular weight excluding hydrogens is 335 g/mol. The Morgan fingerprint density at radius 1 is 1.08 bits per heavy atom. The Bertz CT molecular complexity index is 725. The number of aromatic nitrogens is 1.